The molecule has 5 nitrogen and oxygen atoms in total. The average Bonchev–Trinajstić information content (AvgIpc) is 2.55. The zero-order valence-electron chi connectivity index (χ0n) is 14.9. The molecule has 1 atom stereocenters. The first-order chi connectivity index (χ1) is 10.6. The molecule has 0 aromatic heterocycles. The Kier molecular flexibility index (Phi) is 9.77. The highest BCUT2D eigenvalue weighted by atomic mass is 127. The summed E-state index contributed by atoms with van der Waals surface area (Å²) in [6, 6.07) is 0.394. The molecular weight excluding hydrogens is 403 g/mol. The molecule has 2 rings (SSSR count). The molecule has 2 fully saturated rings. The van der Waals surface area contributed by atoms with Crippen LogP contribution in [0.25, 0.3) is 0 Å². The van der Waals surface area contributed by atoms with Gasteiger partial charge in [-0.2, -0.15) is 0 Å². The molecule has 1 unspecified atom stereocenters. The van der Waals surface area contributed by atoms with Crippen molar-refractivity contribution in [2.45, 2.75) is 58.4 Å². The summed E-state index contributed by atoms with van der Waals surface area (Å²) in [5.74, 6) is 0.612. The summed E-state index contributed by atoms with van der Waals surface area (Å²) < 4.78 is 5.48. The highest BCUT2D eigenvalue weighted by Gasteiger charge is 2.34. The number of halogens is 1. The quantitative estimate of drug-likeness (QED) is 0.380. The fourth-order valence-electron chi connectivity index (χ4n) is 3.55. The molecule has 0 bridgehead atoms. The zero-order valence-corrected chi connectivity index (χ0v) is 17.2. The molecular formula is C17H35IN4O. The maximum absolute atomic E-state index is 6.06. The molecule has 0 amide bonds. The van der Waals surface area contributed by atoms with Gasteiger partial charge in [0.2, 0.25) is 0 Å². The predicted octanol–water partition coefficient (Wildman–Crippen LogP) is 2.59. The number of guanidine groups is 1. The molecule has 1 heterocycles. The molecule has 136 valence electrons. The van der Waals surface area contributed by atoms with E-state index in [1.807, 2.05) is 0 Å². The van der Waals surface area contributed by atoms with Crippen molar-refractivity contribution in [3.05, 3.63) is 0 Å². The minimum atomic E-state index is 0. The number of ether oxygens (including phenoxy) is 1. The van der Waals surface area contributed by atoms with Crippen molar-refractivity contribution in [1.82, 2.24) is 10.2 Å². The molecule has 6 heteroatoms. The Morgan fingerprint density at radius 2 is 1.91 bits per heavy atom. The Morgan fingerprint density at radius 1 is 1.26 bits per heavy atom. The maximum atomic E-state index is 6.06. The van der Waals surface area contributed by atoms with Crippen LogP contribution in [0.1, 0.15) is 52.4 Å². The van der Waals surface area contributed by atoms with Gasteiger partial charge in [0.05, 0.1) is 13.2 Å². The Balaban J connectivity index is 0.00000264. The van der Waals surface area contributed by atoms with Gasteiger partial charge in [-0.25, -0.2) is 0 Å². The van der Waals surface area contributed by atoms with Gasteiger partial charge in [-0.15, -0.1) is 24.0 Å². The second-order valence-electron chi connectivity index (χ2n) is 7.10. The number of hydrogen-bond acceptors (Lipinski definition) is 3. The third-order valence-electron chi connectivity index (χ3n) is 5.17. The number of rotatable bonds is 6. The van der Waals surface area contributed by atoms with Crippen LogP contribution in [-0.4, -0.2) is 56.3 Å². The summed E-state index contributed by atoms with van der Waals surface area (Å²) >= 11 is 0. The van der Waals surface area contributed by atoms with Crippen LogP contribution < -0.4 is 11.1 Å². The first kappa shape index (κ1) is 21.0. The number of nitrogens with two attached hydrogens (primary N) is 1. The minimum Gasteiger partial charge on any atom is -0.379 e. The van der Waals surface area contributed by atoms with Crippen LogP contribution >= 0.6 is 24.0 Å². The largest absolute Gasteiger partial charge is 0.379 e. The lowest BCUT2D eigenvalue weighted by molar-refractivity contribution is 0.00938. The van der Waals surface area contributed by atoms with Gasteiger partial charge >= 0.3 is 0 Å². The van der Waals surface area contributed by atoms with Crippen LogP contribution in [0.3, 0.4) is 0 Å². The van der Waals surface area contributed by atoms with E-state index in [0.29, 0.717) is 17.4 Å². The van der Waals surface area contributed by atoms with Crippen molar-refractivity contribution in [2.75, 3.05) is 39.4 Å². The van der Waals surface area contributed by atoms with Crippen molar-refractivity contribution in [3.8, 4) is 0 Å². The Bertz CT molecular complexity index is 353. The lowest BCUT2D eigenvalue weighted by Gasteiger charge is -2.41. The van der Waals surface area contributed by atoms with E-state index < -0.39 is 0 Å². The lowest BCUT2D eigenvalue weighted by atomic mass is 9.73. The summed E-state index contributed by atoms with van der Waals surface area (Å²) in [5, 5.41) is 3.28. The Hall–Kier alpha value is -0.0800. The SMILES string of the molecule is CCC(C)NC(N)=NCC1(CN2CCOCC2)CCCCC1.I. The molecule has 3 N–H and O–H groups in total. The average molecular weight is 438 g/mol. The van der Waals surface area contributed by atoms with E-state index in [4.69, 9.17) is 15.5 Å². The van der Waals surface area contributed by atoms with Crippen LogP contribution in [0.4, 0.5) is 0 Å². The molecule has 23 heavy (non-hydrogen) atoms. The molecule has 0 radical (unpaired) electrons. The summed E-state index contributed by atoms with van der Waals surface area (Å²) in [5.41, 5.74) is 6.38. The summed E-state index contributed by atoms with van der Waals surface area (Å²) in [6.45, 7) is 10.2. The highest BCUT2D eigenvalue weighted by molar-refractivity contribution is 14.0. The van der Waals surface area contributed by atoms with Gasteiger partial charge in [-0.1, -0.05) is 26.2 Å². The second-order valence-corrected chi connectivity index (χ2v) is 7.10. The number of hydrogen-bond donors (Lipinski definition) is 2. The van der Waals surface area contributed by atoms with Gasteiger partial charge in [0.1, 0.15) is 0 Å². The van der Waals surface area contributed by atoms with Gasteiger partial charge in [0.25, 0.3) is 0 Å². The topological polar surface area (TPSA) is 62.9 Å². The molecule has 0 aromatic rings. The van der Waals surface area contributed by atoms with E-state index in [1.165, 1.54) is 32.1 Å². The first-order valence-electron chi connectivity index (χ1n) is 9.00. The van der Waals surface area contributed by atoms with Gasteiger partial charge in [0, 0.05) is 37.6 Å². The van der Waals surface area contributed by atoms with E-state index in [-0.39, 0.29) is 24.0 Å². The zero-order chi connectivity index (χ0) is 15.8. The Morgan fingerprint density at radius 3 is 2.52 bits per heavy atom. The van der Waals surface area contributed by atoms with Gasteiger partial charge < -0.3 is 15.8 Å². The summed E-state index contributed by atoms with van der Waals surface area (Å²) in [6.07, 6.45) is 7.66. The lowest BCUT2D eigenvalue weighted by Crippen LogP contribution is -2.46. The van der Waals surface area contributed by atoms with Crippen LogP contribution in [-0.2, 0) is 4.74 Å². The number of nitrogens with zero attached hydrogens (tertiary/aromatic N) is 2. The molecule has 0 aromatic carbocycles. The molecule has 2 aliphatic rings. The first-order valence-corrected chi connectivity index (χ1v) is 9.00. The number of nitrogens with one attached hydrogen (secondary N) is 1. The Labute approximate surface area is 158 Å². The van der Waals surface area contributed by atoms with E-state index in [1.54, 1.807) is 0 Å². The van der Waals surface area contributed by atoms with E-state index in [9.17, 15) is 0 Å². The van der Waals surface area contributed by atoms with E-state index in [0.717, 1.165) is 45.8 Å². The normalized spacial score (nSPS) is 23.8. The summed E-state index contributed by atoms with van der Waals surface area (Å²) in [7, 11) is 0. The third-order valence-corrected chi connectivity index (χ3v) is 5.17. The van der Waals surface area contributed by atoms with E-state index >= 15 is 0 Å². The molecule has 0 spiro atoms. The monoisotopic (exact) mass is 438 g/mol. The van der Waals surface area contributed by atoms with Gasteiger partial charge in [-0.3, -0.25) is 9.89 Å². The van der Waals surface area contributed by atoms with E-state index in [2.05, 4.69) is 24.1 Å². The van der Waals surface area contributed by atoms with Crippen molar-refractivity contribution in [1.29, 1.82) is 0 Å². The van der Waals surface area contributed by atoms with Gasteiger partial charge in [0.15, 0.2) is 5.96 Å². The van der Waals surface area contributed by atoms with Gasteiger partial charge in [-0.05, 0) is 26.2 Å². The maximum Gasteiger partial charge on any atom is 0.188 e. The van der Waals surface area contributed by atoms with Crippen LogP contribution in [0.15, 0.2) is 4.99 Å². The van der Waals surface area contributed by atoms with Crippen LogP contribution in [0, 0.1) is 5.41 Å². The minimum absolute atomic E-state index is 0. The fourth-order valence-corrected chi connectivity index (χ4v) is 3.55. The smallest absolute Gasteiger partial charge is 0.188 e. The van der Waals surface area contributed by atoms with Crippen LogP contribution in [0.5, 0.6) is 0 Å². The summed E-state index contributed by atoms with van der Waals surface area (Å²) in [4.78, 5) is 7.26. The second kappa shape index (κ2) is 10.7. The molecule has 1 aliphatic heterocycles. The van der Waals surface area contributed by atoms with Crippen molar-refractivity contribution < 1.29 is 4.74 Å². The molecule has 1 saturated carbocycles. The highest BCUT2D eigenvalue weighted by Crippen LogP contribution is 2.37. The predicted molar refractivity (Wildman–Crippen MR) is 108 cm³/mol. The number of morpholine rings is 1. The molecule has 1 aliphatic carbocycles. The fraction of sp³-hybridized carbons (Fsp3) is 0.941. The molecule has 1 saturated heterocycles. The third kappa shape index (κ3) is 7.13. The standard InChI is InChI=1S/C17H34N4O.HI/c1-3-15(2)20-16(18)19-13-17(7-5-4-6-8-17)14-21-9-11-22-12-10-21;/h15H,3-14H2,1-2H3,(H3,18,19,20);1H. The van der Waals surface area contributed by atoms with Crippen molar-refractivity contribution in [3.63, 3.8) is 0 Å². The van der Waals surface area contributed by atoms with Crippen molar-refractivity contribution >= 4 is 29.9 Å². The van der Waals surface area contributed by atoms with Crippen LogP contribution in [0.2, 0.25) is 0 Å². The number of aliphatic imine (C=N–C) groups is 1. The van der Waals surface area contributed by atoms with Crippen molar-refractivity contribution in [2.24, 2.45) is 16.1 Å².